The standard InChI is InChI=1S/C12H15NO3/c1-2-3-4-5-7-13-9-10-6-8-16-11(10)12(14)15/h1,6,8,13H,3-5,7,9H2,(H,14,15). The molecule has 0 atom stereocenters. The van der Waals surface area contributed by atoms with Crippen LogP contribution < -0.4 is 5.32 Å². The monoisotopic (exact) mass is 221 g/mol. The first-order chi connectivity index (χ1) is 7.75. The molecule has 0 aliphatic heterocycles. The van der Waals surface area contributed by atoms with Gasteiger partial charge in [-0.15, -0.1) is 12.3 Å². The van der Waals surface area contributed by atoms with Gasteiger partial charge in [0.25, 0.3) is 0 Å². The third kappa shape index (κ3) is 3.79. The van der Waals surface area contributed by atoms with Crippen molar-refractivity contribution in [3.63, 3.8) is 0 Å². The van der Waals surface area contributed by atoms with E-state index in [-0.39, 0.29) is 5.76 Å². The molecular weight excluding hydrogens is 206 g/mol. The summed E-state index contributed by atoms with van der Waals surface area (Å²) in [6.07, 6.45) is 9.28. The van der Waals surface area contributed by atoms with Crippen molar-refractivity contribution >= 4 is 5.97 Å². The molecule has 1 heterocycles. The molecule has 86 valence electrons. The van der Waals surface area contributed by atoms with Crippen LogP contribution in [0.1, 0.15) is 35.4 Å². The summed E-state index contributed by atoms with van der Waals surface area (Å²) < 4.78 is 4.86. The number of carbonyl (C=O) groups is 1. The van der Waals surface area contributed by atoms with E-state index in [2.05, 4.69) is 11.2 Å². The van der Waals surface area contributed by atoms with E-state index in [9.17, 15) is 4.79 Å². The van der Waals surface area contributed by atoms with Gasteiger partial charge in [-0.2, -0.15) is 0 Å². The average Bonchev–Trinajstić information content (AvgIpc) is 2.71. The lowest BCUT2D eigenvalue weighted by Crippen LogP contribution is -2.16. The number of carboxylic acid groups (broad SMARTS) is 1. The van der Waals surface area contributed by atoms with Crippen LogP contribution in [0.5, 0.6) is 0 Å². The molecule has 0 aliphatic carbocycles. The number of hydrogen-bond acceptors (Lipinski definition) is 3. The van der Waals surface area contributed by atoms with E-state index in [0.29, 0.717) is 12.1 Å². The number of unbranched alkanes of at least 4 members (excludes halogenated alkanes) is 2. The Labute approximate surface area is 94.7 Å². The van der Waals surface area contributed by atoms with Crippen LogP contribution in [-0.2, 0) is 6.54 Å². The summed E-state index contributed by atoms with van der Waals surface area (Å²) in [6.45, 7) is 1.33. The van der Waals surface area contributed by atoms with Gasteiger partial charge in [0.1, 0.15) is 0 Å². The lowest BCUT2D eigenvalue weighted by atomic mass is 10.2. The number of carboxylic acids is 1. The van der Waals surface area contributed by atoms with Gasteiger partial charge >= 0.3 is 5.97 Å². The Bertz CT molecular complexity index is 376. The molecule has 0 bridgehead atoms. The molecule has 0 radical (unpaired) electrons. The van der Waals surface area contributed by atoms with Crippen molar-refractivity contribution < 1.29 is 14.3 Å². The van der Waals surface area contributed by atoms with E-state index in [0.717, 1.165) is 25.8 Å². The largest absolute Gasteiger partial charge is 0.475 e. The van der Waals surface area contributed by atoms with Crippen molar-refractivity contribution in [3.05, 3.63) is 23.7 Å². The summed E-state index contributed by atoms with van der Waals surface area (Å²) in [5.74, 6) is 1.55. The van der Waals surface area contributed by atoms with E-state index >= 15 is 0 Å². The number of nitrogens with one attached hydrogen (secondary N) is 1. The van der Waals surface area contributed by atoms with Gasteiger partial charge in [0.15, 0.2) is 0 Å². The summed E-state index contributed by atoms with van der Waals surface area (Å²) in [6, 6.07) is 1.66. The lowest BCUT2D eigenvalue weighted by molar-refractivity contribution is 0.0660. The second kappa shape index (κ2) is 6.70. The third-order valence-corrected chi connectivity index (χ3v) is 2.18. The molecule has 0 spiro atoms. The van der Waals surface area contributed by atoms with Crippen molar-refractivity contribution in [2.75, 3.05) is 6.54 Å². The fourth-order valence-electron chi connectivity index (χ4n) is 1.36. The fourth-order valence-corrected chi connectivity index (χ4v) is 1.36. The van der Waals surface area contributed by atoms with Crippen molar-refractivity contribution in [1.82, 2.24) is 5.32 Å². The number of rotatable bonds is 7. The molecule has 0 aromatic carbocycles. The number of aromatic carboxylic acids is 1. The van der Waals surface area contributed by atoms with Crippen LogP contribution in [0.25, 0.3) is 0 Å². The SMILES string of the molecule is C#CCCCCNCc1ccoc1C(=O)O. The van der Waals surface area contributed by atoms with Crippen molar-refractivity contribution in [1.29, 1.82) is 0 Å². The fraction of sp³-hybridized carbons (Fsp3) is 0.417. The summed E-state index contributed by atoms with van der Waals surface area (Å²) in [7, 11) is 0. The highest BCUT2D eigenvalue weighted by Gasteiger charge is 2.12. The summed E-state index contributed by atoms with van der Waals surface area (Å²) in [5.41, 5.74) is 0.671. The second-order valence-corrected chi connectivity index (χ2v) is 3.42. The van der Waals surface area contributed by atoms with Crippen LogP contribution in [0.4, 0.5) is 0 Å². The zero-order valence-corrected chi connectivity index (χ0v) is 9.03. The number of furan rings is 1. The van der Waals surface area contributed by atoms with Gasteiger partial charge in [-0.1, -0.05) is 0 Å². The summed E-state index contributed by atoms with van der Waals surface area (Å²) in [5, 5.41) is 11.9. The van der Waals surface area contributed by atoms with Gasteiger partial charge in [0, 0.05) is 18.5 Å². The van der Waals surface area contributed by atoms with Gasteiger partial charge in [-0.3, -0.25) is 0 Å². The van der Waals surface area contributed by atoms with E-state index in [1.807, 2.05) is 0 Å². The molecule has 1 rings (SSSR count). The average molecular weight is 221 g/mol. The van der Waals surface area contributed by atoms with Crippen molar-refractivity contribution in [3.8, 4) is 12.3 Å². The summed E-state index contributed by atoms with van der Waals surface area (Å²) in [4.78, 5) is 10.7. The zero-order chi connectivity index (χ0) is 11.8. The molecule has 1 aromatic rings. The van der Waals surface area contributed by atoms with Gasteiger partial charge in [0.2, 0.25) is 5.76 Å². The first-order valence-electron chi connectivity index (χ1n) is 5.19. The topological polar surface area (TPSA) is 62.5 Å². The molecule has 4 heteroatoms. The molecule has 0 saturated heterocycles. The molecule has 1 aromatic heterocycles. The Morgan fingerprint density at radius 1 is 1.56 bits per heavy atom. The van der Waals surface area contributed by atoms with Gasteiger partial charge in [0.05, 0.1) is 6.26 Å². The predicted octanol–water partition coefficient (Wildman–Crippen LogP) is 1.87. The minimum Gasteiger partial charge on any atom is -0.475 e. The third-order valence-electron chi connectivity index (χ3n) is 2.18. The molecule has 2 N–H and O–H groups in total. The lowest BCUT2D eigenvalue weighted by Gasteiger charge is -2.02. The van der Waals surface area contributed by atoms with Crippen LogP contribution in [0.3, 0.4) is 0 Å². The van der Waals surface area contributed by atoms with E-state index in [1.165, 1.54) is 6.26 Å². The maximum atomic E-state index is 10.7. The minimum atomic E-state index is -1.03. The Morgan fingerprint density at radius 2 is 2.38 bits per heavy atom. The Hall–Kier alpha value is -1.73. The van der Waals surface area contributed by atoms with E-state index < -0.39 is 5.97 Å². The molecule has 16 heavy (non-hydrogen) atoms. The van der Waals surface area contributed by atoms with Crippen molar-refractivity contribution in [2.24, 2.45) is 0 Å². The highest BCUT2D eigenvalue weighted by atomic mass is 16.4. The zero-order valence-electron chi connectivity index (χ0n) is 9.03. The molecule has 0 saturated carbocycles. The van der Waals surface area contributed by atoms with Crippen LogP contribution in [0.15, 0.2) is 16.7 Å². The predicted molar refractivity (Wildman–Crippen MR) is 60.1 cm³/mol. The Kier molecular flexibility index (Phi) is 5.17. The van der Waals surface area contributed by atoms with Crippen LogP contribution in [0.2, 0.25) is 0 Å². The molecular formula is C12H15NO3. The first kappa shape index (κ1) is 12.3. The Morgan fingerprint density at radius 3 is 3.06 bits per heavy atom. The molecule has 0 unspecified atom stereocenters. The van der Waals surface area contributed by atoms with Gasteiger partial charge < -0.3 is 14.8 Å². The number of hydrogen-bond donors (Lipinski definition) is 2. The maximum Gasteiger partial charge on any atom is 0.372 e. The van der Waals surface area contributed by atoms with Crippen molar-refractivity contribution in [2.45, 2.75) is 25.8 Å². The van der Waals surface area contributed by atoms with E-state index in [4.69, 9.17) is 15.9 Å². The van der Waals surface area contributed by atoms with Gasteiger partial charge in [-0.25, -0.2) is 4.79 Å². The van der Waals surface area contributed by atoms with E-state index in [1.54, 1.807) is 6.07 Å². The Balaban J connectivity index is 2.24. The first-order valence-corrected chi connectivity index (χ1v) is 5.19. The van der Waals surface area contributed by atoms with Crippen LogP contribution in [0, 0.1) is 12.3 Å². The van der Waals surface area contributed by atoms with Gasteiger partial charge in [-0.05, 0) is 25.5 Å². The smallest absolute Gasteiger partial charge is 0.372 e. The molecule has 0 aliphatic rings. The quantitative estimate of drug-likeness (QED) is 0.545. The summed E-state index contributed by atoms with van der Waals surface area (Å²) >= 11 is 0. The maximum absolute atomic E-state index is 10.7. The second-order valence-electron chi connectivity index (χ2n) is 3.42. The number of terminal acetylenes is 1. The normalized spacial score (nSPS) is 9.94. The minimum absolute atomic E-state index is 0.0103. The highest BCUT2D eigenvalue weighted by Crippen LogP contribution is 2.09. The van der Waals surface area contributed by atoms with Crippen LogP contribution in [-0.4, -0.2) is 17.6 Å². The molecule has 4 nitrogen and oxygen atoms in total. The molecule has 0 amide bonds. The molecule has 0 fully saturated rings. The highest BCUT2D eigenvalue weighted by molar-refractivity contribution is 5.86. The van der Waals surface area contributed by atoms with Crippen LogP contribution >= 0.6 is 0 Å².